The van der Waals surface area contributed by atoms with Gasteiger partial charge < -0.3 is 34.8 Å². The first-order valence-corrected chi connectivity index (χ1v) is 7.60. The molecular weight excluding hydrogens is 334 g/mol. The summed E-state index contributed by atoms with van der Waals surface area (Å²) in [5, 5.41) is 32.0. The molecule has 9 nitrogen and oxygen atoms in total. The van der Waals surface area contributed by atoms with Crippen molar-refractivity contribution in [1.82, 2.24) is 5.32 Å². The molecule has 1 heterocycles. The van der Waals surface area contributed by atoms with Crippen molar-refractivity contribution >= 4 is 12.2 Å². The number of carbonyl (C=O) groups excluding carboxylic acids is 2. The Kier molecular flexibility index (Phi) is 6.32. The largest absolute Gasteiger partial charge is 0.493 e. The van der Waals surface area contributed by atoms with Gasteiger partial charge in [0, 0.05) is 12.5 Å². The van der Waals surface area contributed by atoms with Gasteiger partial charge in [-0.2, -0.15) is 0 Å². The van der Waals surface area contributed by atoms with E-state index < -0.39 is 43.2 Å². The maximum atomic E-state index is 11.4. The Balaban J connectivity index is 2.29. The molecule has 2 rings (SSSR count). The highest BCUT2D eigenvalue weighted by atomic mass is 16.7. The van der Waals surface area contributed by atoms with Crippen molar-refractivity contribution in [2.75, 3.05) is 13.7 Å². The molecule has 1 aliphatic rings. The molecule has 25 heavy (non-hydrogen) atoms. The monoisotopic (exact) mass is 355 g/mol. The molecule has 0 spiro atoms. The van der Waals surface area contributed by atoms with Gasteiger partial charge in [0.05, 0.1) is 13.7 Å². The fourth-order valence-corrected chi connectivity index (χ4v) is 2.55. The van der Waals surface area contributed by atoms with E-state index in [0.717, 1.165) is 0 Å². The van der Waals surface area contributed by atoms with Crippen LogP contribution in [0, 0.1) is 0 Å². The lowest BCUT2D eigenvalue weighted by Gasteiger charge is -2.42. The third kappa shape index (κ3) is 4.26. The van der Waals surface area contributed by atoms with Gasteiger partial charge in [-0.3, -0.25) is 9.59 Å². The number of aldehydes is 1. The minimum atomic E-state index is -1.42. The predicted molar refractivity (Wildman–Crippen MR) is 84.4 cm³/mol. The lowest BCUT2D eigenvalue weighted by molar-refractivity contribution is -0.244. The zero-order chi connectivity index (χ0) is 18.6. The van der Waals surface area contributed by atoms with E-state index in [1.165, 1.54) is 32.2 Å². The molecule has 5 atom stereocenters. The van der Waals surface area contributed by atoms with Crippen LogP contribution in [0.3, 0.4) is 0 Å². The molecule has 1 aromatic rings. The zero-order valence-electron chi connectivity index (χ0n) is 13.8. The zero-order valence-corrected chi connectivity index (χ0v) is 13.8. The number of nitrogens with one attached hydrogen (secondary N) is 1. The number of hydrogen-bond donors (Lipinski definition) is 4. The average molecular weight is 355 g/mol. The van der Waals surface area contributed by atoms with Crippen LogP contribution in [-0.2, 0) is 9.53 Å². The summed E-state index contributed by atoms with van der Waals surface area (Å²) in [6.07, 6.45) is -4.47. The van der Waals surface area contributed by atoms with Crippen molar-refractivity contribution < 1.29 is 39.1 Å². The van der Waals surface area contributed by atoms with Gasteiger partial charge in [0.1, 0.15) is 30.6 Å². The van der Waals surface area contributed by atoms with Gasteiger partial charge >= 0.3 is 0 Å². The highest BCUT2D eigenvalue weighted by Gasteiger charge is 2.46. The van der Waals surface area contributed by atoms with Crippen molar-refractivity contribution in [3.8, 4) is 11.5 Å². The van der Waals surface area contributed by atoms with Crippen LogP contribution in [0.25, 0.3) is 0 Å². The highest BCUT2D eigenvalue weighted by molar-refractivity contribution is 5.76. The summed E-state index contributed by atoms with van der Waals surface area (Å²) in [6.45, 7) is 0.694. The second kappa shape index (κ2) is 8.26. The minimum Gasteiger partial charge on any atom is -0.493 e. The van der Waals surface area contributed by atoms with Crippen LogP contribution in [0.5, 0.6) is 11.5 Å². The molecule has 138 valence electrons. The summed E-state index contributed by atoms with van der Waals surface area (Å²) in [6, 6.07) is 3.34. The summed E-state index contributed by atoms with van der Waals surface area (Å²) in [5.74, 6) is -0.0103. The number of benzene rings is 1. The molecule has 4 N–H and O–H groups in total. The lowest BCUT2D eigenvalue weighted by atomic mass is 9.97. The number of hydrogen-bond acceptors (Lipinski definition) is 8. The van der Waals surface area contributed by atoms with Gasteiger partial charge in [0.2, 0.25) is 12.2 Å². The number of methoxy groups -OCH3 is 1. The van der Waals surface area contributed by atoms with Crippen LogP contribution in [-0.4, -0.2) is 71.9 Å². The SMILES string of the molecule is COc1cc(C=O)ccc1O[C@@H]1O[C@H](CO)[C@H](O)[C@H](O)[C@@H]1NC(C)=O. The van der Waals surface area contributed by atoms with Gasteiger partial charge in [-0.25, -0.2) is 0 Å². The summed E-state index contributed by atoms with van der Waals surface area (Å²) in [7, 11) is 1.39. The second-order valence-electron chi connectivity index (χ2n) is 5.58. The summed E-state index contributed by atoms with van der Waals surface area (Å²) >= 11 is 0. The lowest BCUT2D eigenvalue weighted by Crippen LogP contribution is -2.65. The predicted octanol–water partition coefficient (Wildman–Crippen LogP) is -1.17. The normalized spacial score (nSPS) is 28.9. The molecule has 1 aromatic carbocycles. The Labute approximate surface area is 144 Å². The van der Waals surface area contributed by atoms with Crippen LogP contribution >= 0.6 is 0 Å². The Morgan fingerprint density at radius 2 is 2.04 bits per heavy atom. The van der Waals surface area contributed by atoms with E-state index in [1.807, 2.05) is 0 Å². The standard InChI is InChI=1S/C16H21NO8/c1-8(20)17-13-15(22)14(21)12(7-19)25-16(13)24-10-4-3-9(6-18)5-11(10)23-2/h3-6,12-16,19,21-22H,7H2,1-2H3,(H,17,20)/t12-,13+,14+,15-,16-/m1/s1. The van der Waals surface area contributed by atoms with Gasteiger partial charge in [-0.15, -0.1) is 0 Å². The third-order valence-corrected chi connectivity index (χ3v) is 3.82. The minimum absolute atomic E-state index is 0.203. The number of amides is 1. The van der Waals surface area contributed by atoms with E-state index in [4.69, 9.17) is 14.2 Å². The van der Waals surface area contributed by atoms with Gasteiger partial charge in [-0.1, -0.05) is 0 Å². The molecule has 0 saturated carbocycles. The number of rotatable bonds is 6. The van der Waals surface area contributed by atoms with Crippen molar-refractivity contribution in [1.29, 1.82) is 0 Å². The van der Waals surface area contributed by atoms with E-state index >= 15 is 0 Å². The summed E-state index contributed by atoms with van der Waals surface area (Å²) in [4.78, 5) is 22.2. The first-order valence-electron chi connectivity index (χ1n) is 7.60. The number of aliphatic hydroxyl groups excluding tert-OH is 3. The molecule has 9 heteroatoms. The maximum absolute atomic E-state index is 11.4. The Morgan fingerprint density at radius 1 is 1.32 bits per heavy atom. The Morgan fingerprint density at radius 3 is 2.60 bits per heavy atom. The van der Waals surface area contributed by atoms with Crippen molar-refractivity contribution in [2.45, 2.75) is 37.6 Å². The van der Waals surface area contributed by atoms with E-state index in [9.17, 15) is 24.9 Å². The molecule has 1 aliphatic heterocycles. The molecule has 1 fully saturated rings. The van der Waals surface area contributed by atoms with Gasteiger partial charge in [0.15, 0.2) is 11.5 Å². The van der Waals surface area contributed by atoms with Crippen LogP contribution in [0.2, 0.25) is 0 Å². The van der Waals surface area contributed by atoms with Crippen LogP contribution < -0.4 is 14.8 Å². The van der Waals surface area contributed by atoms with E-state index in [1.54, 1.807) is 0 Å². The molecule has 0 unspecified atom stereocenters. The summed E-state index contributed by atoms with van der Waals surface area (Å²) in [5.41, 5.74) is 0.371. The quantitative estimate of drug-likeness (QED) is 0.469. The van der Waals surface area contributed by atoms with Gasteiger partial charge in [0.25, 0.3) is 0 Å². The summed E-state index contributed by atoms with van der Waals surface area (Å²) < 4.78 is 16.3. The van der Waals surface area contributed by atoms with Gasteiger partial charge in [-0.05, 0) is 18.2 Å². The number of aliphatic hydroxyl groups is 3. The first kappa shape index (κ1) is 19.1. The maximum Gasteiger partial charge on any atom is 0.223 e. The third-order valence-electron chi connectivity index (χ3n) is 3.82. The molecule has 0 radical (unpaired) electrons. The molecule has 0 aromatic heterocycles. The smallest absolute Gasteiger partial charge is 0.223 e. The van der Waals surface area contributed by atoms with Crippen molar-refractivity contribution in [3.63, 3.8) is 0 Å². The van der Waals surface area contributed by atoms with E-state index in [2.05, 4.69) is 5.32 Å². The fraction of sp³-hybridized carbons (Fsp3) is 0.500. The molecule has 1 saturated heterocycles. The second-order valence-corrected chi connectivity index (χ2v) is 5.58. The number of carbonyl (C=O) groups is 2. The van der Waals surface area contributed by atoms with E-state index in [0.29, 0.717) is 11.8 Å². The molecule has 0 aliphatic carbocycles. The topological polar surface area (TPSA) is 135 Å². The van der Waals surface area contributed by atoms with Crippen molar-refractivity contribution in [2.24, 2.45) is 0 Å². The van der Waals surface area contributed by atoms with Crippen LogP contribution in [0.1, 0.15) is 17.3 Å². The molecule has 1 amide bonds. The Hall–Kier alpha value is -2.20. The average Bonchev–Trinajstić information content (AvgIpc) is 2.61. The highest BCUT2D eigenvalue weighted by Crippen LogP contribution is 2.31. The fourth-order valence-electron chi connectivity index (χ4n) is 2.55. The van der Waals surface area contributed by atoms with E-state index in [-0.39, 0.29) is 11.5 Å². The Bertz CT molecular complexity index is 622. The molecular formula is C16H21NO8. The molecule has 0 bridgehead atoms. The van der Waals surface area contributed by atoms with Crippen LogP contribution in [0.15, 0.2) is 18.2 Å². The first-order chi connectivity index (χ1) is 11.9. The van der Waals surface area contributed by atoms with Crippen molar-refractivity contribution in [3.05, 3.63) is 23.8 Å². The number of ether oxygens (including phenoxy) is 3. The van der Waals surface area contributed by atoms with Crippen LogP contribution in [0.4, 0.5) is 0 Å².